The lowest BCUT2D eigenvalue weighted by atomic mass is 9.66. The van der Waals surface area contributed by atoms with Crippen LogP contribution >= 0.6 is 11.6 Å². The Kier molecular flexibility index (Phi) is 13.2. The number of carbonyl (C=O) groups excluding carboxylic acids is 1. The van der Waals surface area contributed by atoms with Gasteiger partial charge in [0.15, 0.2) is 0 Å². The summed E-state index contributed by atoms with van der Waals surface area (Å²) in [5, 5.41) is 21.7. The largest absolute Gasteiger partial charge is 0.492 e. The highest BCUT2D eigenvalue weighted by Gasteiger charge is 2.46. The van der Waals surface area contributed by atoms with Gasteiger partial charge in [0, 0.05) is 42.3 Å². The van der Waals surface area contributed by atoms with Crippen LogP contribution in [0, 0.1) is 28.6 Å². The minimum absolute atomic E-state index is 0.0968. The van der Waals surface area contributed by atoms with Crippen molar-refractivity contribution in [2.75, 3.05) is 51.0 Å². The zero-order chi connectivity index (χ0) is 36.5. The summed E-state index contributed by atoms with van der Waals surface area (Å²) < 4.78 is 12.3. The number of aromatic nitrogens is 1. The van der Waals surface area contributed by atoms with E-state index in [-0.39, 0.29) is 5.91 Å². The van der Waals surface area contributed by atoms with E-state index in [1.54, 1.807) is 12.3 Å². The maximum atomic E-state index is 12.9. The van der Waals surface area contributed by atoms with E-state index >= 15 is 0 Å². The number of fused-ring (bicyclic) bond motifs is 1. The molecule has 2 unspecified atom stereocenters. The molecule has 0 radical (unpaired) electrons. The molecule has 9 nitrogen and oxygen atoms in total. The molecule has 2 aromatic carbocycles. The molecule has 2 heterocycles. The van der Waals surface area contributed by atoms with Crippen LogP contribution in [0.5, 0.6) is 11.5 Å². The van der Waals surface area contributed by atoms with Crippen molar-refractivity contribution in [1.29, 1.82) is 5.26 Å². The molecular weight excluding hydrogens is 672 g/mol. The lowest BCUT2D eigenvalue weighted by molar-refractivity contribution is -0.116. The Balaban J connectivity index is 1.15. The molecule has 3 N–H and O–H groups in total. The molecule has 1 aliphatic heterocycles. The number of anilines is 3. The summed E-state index contributed by atoms with van der Waals surface area (Å²) in [4.78, 5) is 19.5. The van der Waals surface area contributed by atoms with Gasteiger partial charge in [-0.3, -0.25) is 9.78 Å². The standard InChI is InChI=1S/C42H57ClN6O3/c1-4-51-39-23-35-32(22-36(39)48-40(50)13-12-20-49(2)3)41(30(25-44)26-45-35)47-31-16-17-38(34(43)21-31)52-27-37-33(29-14-15-29)24-42(28-46-37)18-10-8-6-5-7-9-11-19-42/h16-17,21-23,26,29,33,37,46H,4-15,18-20,24,27-28H2,1-3H3,(H,45,47)(H,48,50). The molecule has 3 aromatic rings. The van der Waals surface area contributed by atoms with Crippen LogP contribution in [-0.4, -0.2) is 62.2 Å². The highest BCUT2D eigenvalue weighted by atomic mass is 35.5. The predicted molar refractivity (Wildman–Crippen MR) is 211 cm³/mol. The van der Waals surface area contributed by atoms with E-state index in [0.717, 1.165) is 25.4 Å². The van der Waals surface area contributed by atoms with Gasteiger partial charge in [-0.1, -0.05) is 56.5 Å². The summed E-state index contributed by atoms with van der Waals surface area (Å²) in [6.45, 7) is 4.84. The number of benzene rings is 2. The summed E-state index contributed by atoms with van der Waals surface area (Å²) in [6.07, 6.45) is 19.1. The van der Waals surface area contributed by atoms with Crippen molar-refractivity contribution in [3.63, 3.8) is 0 Å². The van der Waals surface area contributed by atoms with Crippen LogP contribution in [0.4, 0.5) is 17.1 Å². The molecule has 3 aliphatic rings. The summed E-state index contributed by atoms with van der Waals surface area (Å²) >= 11 is 6.86. The fourth-order valence-electron chi connectivity index (χ4n) is 8.41. The smallest absolute Gasteiger partial charge is 0.224 e. The van der Waals surface area contributed by atoms with Crippen LogP contribution in [0.25, 0.3) is 10.9 Å². The number of hydrogen-bond donors (Lipinski definition) is 3. The number of ether oxygens (including phenoxy) is 2. The number of piperidine rings is 1. The maximum absolute atomic E-state index is 12.9. The number of halogens is 1. The fraction of sp³-hybridized carbons (Fsp3) is 0.595. The van der Waals surface area contributed by atoms with Gasteiger partial charge in [0.2, 0.25) is 5.91 Å². The molecule has 280 valence electrons. The van der Waals surface area contributed by atoms with Gasteiger partial charge in [-0.25, -0.2) is 0 Å². The summed E-state index contributed by atoms with van der Waals surface area (Å²) in [5.41, 5.74) is 3.29. The molecule has 1 saturated heterocycles. The van der Waals surface area contributed by atoms with Crippen LogP contribution < -0.4 is 25.4 Å². The number of nitriles is 1. The van der Waals surface area contributed by atoms with E-state index in [2.05, 4.69) is 31.9 Å². The highest BCUT2D eigenvalue weighted by Crippen LogP contribution is 2.50. The van der Waals surface area contributed by atoms with Crippen molar-refractivity contribution < 1.29 is 14.3 Å². The van der Waals surface area contributed by atoms with Gasteiger partial charge in [-0.2, -0.15) is 5.26 Å². The van der Waals surface area contributed by atoms with Crippen molar-refractivity contribution in [2.45, 2.75) is 103 Å². The molecule has 3 fully saturated rings. The van der Waals surface area contributed by atoms with E-state index in [4.69, 9.17) is 21.1 Å². The number of carbonyl (C=O) groups is 1. The molecule has 6 rings (SSSR count). The van der Waals surface area contributed by atoms with Crippen LogP contribution in [0.2, 0.25) is 5.02 Å². The molecule has 10 heteroatoms. The Morgan fingerprint density at radius 1 is 1.06 bits per heavy atom. The number of nitrogens with zero attached hydrogens (tertiary/aromatic N) is 3. The van der Waals surface area contributed by atoms with Crippen molar-refractivity contribution in [3.05, 3.63) is 47.1 Å². The van der Waals surface area contributed by atoms with Crippen molar-refractivity contribution in [3.8, 4) is 17.6 Å². The van der Waals surface area contributed by atoms with Crippen molar-refractivity contribution in [2.24, 2.45) is 17.3 Å². The van der Waals surface area contributed by atoms with Crippen LogP contribution in [0.15, 0.2) is 36.5 Å². The number of amides is 1. The number of rotatable bonds is 13. The molecule has 2 atom stereocenters. The topological polar surface area (TPSA) is 112 Å². The lowest BCUT2D eigenvalue weighted by Gasteiger charge is -2.46. The first-order valence-electron chi connectivity index (χ1n) is 19.6. The molecule has 1 spiro atoms. The van der Waals surface area contributed by atoms with E-state index in [1.165, 1.54) is 77.0 Å². The SMILES string of the molecule is CCOc1cc2ncc(C#N)c(Nc3ccc(OCC4NCC5(CCCCCCCCC5)CC4C4CC4)c(Cl)c3)c2cc1NC(=O)CCCN(C)C. The second-order valence-electron chi connectivity index (χ2n) is 15.7. The third-order valence-electron chi connectivity index (χ3n) is 11.4. The summed E-state index contributed by atoms with van der Waals surface area (Å²) in [7, 11) is 3.98. The van der Waals surface area contributed by atoms with Gasteiger partial charge >= 0.3 is 0 Å². The highest BCUT2D eigenvalue weighted by molar-refractivity contribution is 6.32. The molecule has 2 saturated carbocycles. The zero-order valence-electron chi connectivity index (χ0n) is 31.4. The van der Waals surface area contributed by atoms with Gasteiger partial charge in [0.05, 0.1) is 34.1 Å². The Morgan fingerprint density at radius 2 is 1.81 bits per heavy atom. The second-order valence-corrected chi connectivity index (χ2v) is 16.1. The van der Waals surface area contributed by atoms with E-state index in [0.29, 0.717) is 87.1 Å². The van der Waals surface area contributed by atoms with E-state index in [1.807, 2.05) is 45.3 Å². The molecule has 1 aromatic heterocycles. The van der Waals surface area contributed by atoms with Gasteiger partial charge in [0.1, 0.15) is 24.2 Å². The summed E-state index contributed by atoms with van der Waals surface area (Å²) in [6, 6.07) is 11.9. The first-order chi connectivity index (χ1) is 25.3. The van der Waals surface area contributed by atoms with E-state index in [9.17, 15) is 10.1 Å². The lowest BCUT2D eigenvalue weighted by Crippen LogP contribution is -2.54. The minimum atomic E-state index is -0.0968. The molecule has 1 amide bonds. The number of hydrogen-bond acceptors (Lipinski definition) is 8. The van der Waals surface area contributed by atoms with Gasteiger partial charge < -0.3 is 30.3 Å². The minimum Gasteiger partial charge on any atom is -0.492 e. The van der Waals surface area contributed by atoms with Crippen LogP contribution in [0.3, 0.4) is 0 Å². The van der Waals surface area contributed by atoms with Gasteiger partial charge in [-0.15, -0.1) is 0 Å². The molecule has 52 heavy (non-hydrogen) atoms. The van der Waals surface area contributed by atoms with Crippen LogP contribution in [-0.2, 0) is 4.79 Å². The zero-order valence-corrected chi connectivity index (χ0v) is 32.1. The number of pyridine rings is 1. The van der Waals surface area contributed by atoms with Crippen LogP contribution in [0.1, 0.15) is 102 Å². The number of nitrogens with one attached hydrogen (secondary N) is 3. The van der Waals surface area contributed by atoms with E-state index < -0.39 is 0 Å². The predicted octanol–water partition coefficient (Wildman–Crippen LogP) is 9.46. The molecular formula is C42H57ClN6O3. The Labute approximate surface area is 315 Å². The monoisotopic (exact) mass is 728 g/mol. The molecule has 2 aliphatic carbocycles. The summed E-state index contributed by atoms with van der Waals surface area (Å²) in [5.74, 6) is 2.55. The quantitative estimate of drug-likeness (QED) is 0.160. The third-order valence-corrected chi connectivity index (χ3v) is 11.7. The first-order valence-corrected chi connectivity index (χ1v) is 20.0. The Morgan fingerprint density at radius 3 is 2.48 bits per heavy atom. The molecule has 0 bridgehead atoms. The van der Waals surface area contributed by atoms with Crippen molar-refractivity contribution in [1.82, 2.24) is 15.2 Å². The van der Waals surface area contributed by atoms with Gasteiger partial charge in [-0.05, 0) is 108 Å². The van der Waals surface area contributed by atoms with Gasteiger partial charge in [0.25, 0.3) is 0 Å². The average Bonchev–Trinajstić information content (AvgIpc) is 3.98. The Hall–Kier alpha value is -3.58. The second kappa shape index (κ2) is 18.0. The average molecular weight is 729 g/mol. The maximum Gasteiger partial charge on any atom is 0.224 e. The van der Waals surface area contributed by atoms with Crippen molar-refractivity contribution >= 4 is 45.5 Å². The normalized spacial score (nSPS) is 20.7. The third kappa shape index (κ3) is 9.89. The Bertz CT molecular complexity index is 1710. The first kappa shape index (κ1) is 38.2. The fourth-order valence-corrected chi connectivity index (χ4v) is 8.64.